The molecule has 0 aliphatic heterocycles. The number of nitrogens with one attached hydrogen (secondary N) is 2. The van der Waals surface area contributed by atoms with E-state index >= 15 is 0 Å². The molecule has 1 aromatic heterocycles. The van der Waals surface area contributed by atoms with Gasteiger partial charge in [-0.3, -0.25) is 0 Å². The Labute approximate surface area is 128 Å². The van der Waals surface area contributed by atoms with Crippen molar-refractivity contribution in [2.45, 2.75) is 65.3 Å². The third-order valence-corrected chi connectivity index (χ3v) is 3.15. The molecular formula is C15H29N5O. The first-order chi connectivity index (χ1) is 10.2. The first kappa shape index (κ1) is 17.5. The lowest BCUT2D eigenvalue weighted by Gasteiger charge is -2.18. The largest absolute Gasteiger partial charge is 0.463 e. The zero-order valence-corrected chi connectivity index (χ0v) is 13.8. The molecule has 0 amide bonds. The molecule has 0 fully saturated rings. The number of rotatable bonds is 11. The van der Waals surface area contributed by atoms with Crippen LogP contribution in [-0.4, -0.2) is 34.6 Å². The molecule has 6 nitrogen and oxygen atoms in total. The van der Waals surface area contributed by atoms with Gasteiger partial charge in [-0.05, 0) is 19.3 Å². The van der Waals surface area contributed by atoms with Crippen LogP contribution in [0.25, 0.3) is 0 Å². The highest BCUT2D eigenvalue weighted by molar-refractivity contribution is 5.36. The minimum absolute atomic E-state index is 0.379. The average molecular weight is 295 g/mol. The molecule has 0 aromatic carbocycles. The lowest BCUT2D eigenvalue weighted by Crippen LogP contribution is -2.21. The fraction of sp³-hybridized carbons (Fsp3) is 0.800. The van der Waals surface area contributed by atoms with Crippen molar-refractivity contribution in [2.75, 3.05) is 24.3 Å². The molecule has 1 unspecified atom stereocenters. The van der Waals surface area contributed by atoms with E-state index in [1.165, 1.54) is 12.8 Å². The van der Waals surface area contributed by atoms with Crippen molar-refractivity contribution in [1.82, 2.24) is 15.0 Å². The van der Waals surface area contributed by atoms with Crippen LogP contribution in [0.5, 0.6) is 6.01 Å². The van der Waals surface area contributed by atoms with Crippen LogP contribution < -0.4 is 15.4 Å². The molecule has 2 N–H and O–H groups in total. The van der Waals surface area contributed by atoms with E-state index in [1.807, 2.05) is 0 Å². The summed E-state index contributed by atoms with van der Waals surface area (Å²) in [5.74, 6) is 1.12. The predicted molar refractivity (Wildman–Crippen MR) is 87.0 cm³/mol. The summed E-state index contributed by atoms with van der Waals surface area (Å²) in [6.45, 7) is 7.08. The van der Waals surface area contributed by atoms with E-state index in [9.17, 15) is 0 Å². The Kier molecular flexibility index (Phi) is 8.47. The van der Waals surface area contributed by atoms with Gasteiger partial charge in [0.25, 0.3) is 0 Å². The molecule has 120 valence electrons. The molecule has 0 aliphatic rings. The van der Waals surface area contributed by atoms with Crippen molar-refractivity contribution in [2.24, 2.45) is 0 Å². The zero-order valence-electron chi connectivity index (χ0n) is 13.8. The normalized spacial score (nSPS) is 12.0. The van der Waals surface area contributed by atoms with E-state index in [2.05, 4.69) is 46.4 Å². The van der Waals surface area contributed by atoms with Crippen molar-refractivity contribution in [3.05, 3.63) is 0 Å². The Morgan fingerprint density at radius 3 is 2.33 bits per heavy atom. The van der Waals surface area contributed by atoms with Gasteiger partial charge in [-0.2, -0.15) is 15.0 Å². The van der Waals surface area contributed by atoms with Crippen LogP contribution in [0.15, 0.2) is 0 Å². The molecule has 1 rings (SSSR count). The van der Waals surface area contributed by atoms with Crippen LogP contribution in [0.1, 0.15) is 59.3 Å². The monoisotopic (exact) mass is 295 g/mol. The third kappa shape index (κ3) is 6.60. The second-order valence-corrected chi connectivity index (χ2v) is 5.14. The Balaban J connectivity index is 2.77. The van der Waals surface area contributed by atoms with Crippen LogP contribution in [-0.2, 0) is 0 Å². The molecule has 0 radical (unpaired) electrons. The maximum absolute atomic E-state index is 5.52. The molecule has 6 heteroatoms. The summed E-state index contributed by atoms with van der Waals surface area (Å²) >= 11 is 0. The second kappa shape index (κ2) is 10.2. The molecule has 21 heavy (non-hydrogen) atoms. The van der Waals surface area contributed by atoms with E-state index in [0.717, 1.165) is 25.7 Å². The quantitative estimate of drug-likeness (QED) is 0.651. The number of aromatic nitrogens is 3. The van der Waals surface area contributed by atoms with E-state index in [-0.39, 0.29) is 0 Å². The molecule has 0 spiro atoms. The van der Waals surface area contributed by atoms with Gasteiger partial charge in [-0.25, -0.2) is 0 Å². The molecule has 1 aromatic rings. The van der Waals surface area contributed by atoms with Crippen LogP contribution >= 0.6 is 0 Å². The highest BCUT2D eigenvalue weighted by Crippen LogP contribution is 2.16. The smallest absolute Gasteiger partial charge is 0.323 e. The molecule has 0 bridgehead atoms. The fourth-order valence-electron chi connectivity index (χ4n) is 2.06. The van der Waals surface area contributed by atoms with E-state index in [0.29, 0.717) is 30.6 Å². The Bertz CT molecular complexity index is 400. The minimum atomic E-state index is 0.379. The lowest BCUT2D eigenvalue weighted by atomic mass is 10.1. The molecule has 0 saturated carbocycles. The molecular weight excluding hydrogens is 266 g/mol. The summed E-state index contributed by atoms with van der Waals surface area (Å²) in [7, 11) is 1.79. The first-order valence-corrected chi connectivity index (χ1v) is 8.06. The summed E-state index contributed by atoms with van der Waals surface area (Å²) < 4.78 is 5.52. The number of unbranched alkanes of at least 4 members (excludes halogenated alkanes) is 1. The van der Waals surface area contributed by atoms with Gasteiger partial charge in [0, 0.05) is 13.1 Å². The van der Waals surface area contributed by atoms with Gasteiger partial charge in [0.1, 0.15) is 0 Å². The SMILES string of the molecule is CCCCC(CCC)Nc1nc(NC)nc(OCCC)n1. The van der Waals surface area contributed by atoms with Crippen molar-refractivity contribution >= 4 is 11.9 Å². The topological polar surface area (TPSA) is 72.0 Å². The first-order valence-electron chi connectivity index (χ1n) is 8.06. The standard InChI is InChI=1S/C15H29N5O/c1-5-8-10-12(9-6-2)17-14-18-13(16-4)19-15(20-14)21-11-7-3/h12H,5-11H2,1-4H3,(H2,16,17,18,19,20). The van der Waals surface area contributed by atoms with E-state index in [1.54, 1.807) is 7.05 Å². The molecule has 0 saturated heterocycles. The van der Waals surface area contributed by atoms with Gasteiger partial charge in [0.05, 0.1) is 6.61 Å². The third-order valence-electron chi connectivity index (χ3n) is 3.15. The highest BCUT2D eigenvalue weighted by Gasteiger charge is 2.12. The van der Waals surface area contributed by atoms with Gasteiger partial charge in [0.15, 0.2) is 0 Å². The predicted octanol–water partition coefficient (Wildman–Crippen LogP) is 3.47. The molecule has 0 aliphatic carbocycles. The van der Waals surface area contributed by atoms with Gasteiger partial charge in [-0.1, -0.05) is 40.0 Å². The fourth-order valence-corrected chi connectivity index (χ4v) is 2.06. The summed E-state index contributed by atoms with van der Waals surface area (Å²) in [5.41, 5.74) is 0. The number of anilines is 2. The number of hydrogen-bond donors (Lipinski definition) is 2. The van der Waals surface area contributed by atoms with Gasteiger partial charge < -0.3 is 15.4 Å². The number of hydrogen-bond acceptors (Lipinski definition) is 6. The highest BCUT2D eigenvalue weighted by atomic mass is 16.5. The van der Waals surface area contributed by atoms with Gasteiger partial charge in [0.2, 0.25) is 11.9 Å². The molecule has 1 heterocycles. The summed E-state index contributed by atoms with van der Waals surface area (Å²) in [6.07, 6.45) is 6.73. The maximum atomic E-state index is 5.52. The Morgan fingerprint density at radius 2 is 1.71 bits per heavy atom. The van der Waals surface area contributed by atoms with Crippen molar-refractivity contribution in [1.29, 1.82) is 0 Å². The Morgan fingerprint density at radius 1 is 0.952 bits per heavy atom. The van der Waals surface area contributed by atoms with E-state index in [4.69, 9.17) is 4.74 Å². The van der Waals surface area contributed by atoms with E-state index < -0.39 is 0 Å². The van der Waals surface area contributed by atoms with Crippen LogP contribution in [0.3, 0.4) is 0 Å². The van der Waals surface area contributed by atoms with Crippen LogP contribution in [0, 0.1) is 0 Å². The van der Waals surface area contributed by atoms with Gasteiger partial charge >= 0.3 is 6.01 Å². The van der Waals surface area contributed by atoms with Crippen molar-refractivity contribution < 1.29 is 4.74 Å². The average Bonchev–Trinajstić information content (AvgIpc) is 2.50. The molecule has 1 atom stereocenters. The minimum Gasteiger partial charge on any atom is -0.463 e. The lowest BCUT2D eigenvalue weighted by molar-refractivity contribution is 0.292. The number of ether oxygens (including phenoxy) is 1. The number of nitrogens with zero attached hydrogens (tertiary/aromatic N) is 3. The van der Waals surface area contributed by atoms with Crippen molar-refractivity contribution in [3.8, 4) is 6.01 Å². The zero-order chi connectivity index (χ0) is 15.5. The van der Waals surface area contributed by atoms with Crippen molar-refractivity contribution in [3.63, 3.8) is 0 Å². The summed E-state index contributed by atoms with van der Waals surface area (Å²) in [5, 5.41) is 6.37. The van der Waals surface area contributed by atoms with Crippen LogP contribution in [0.4, 0.5) is 11.9 Å². The van der Waals surface area contributed by atoms with Crippen LogP contribution in [0.2, 0.25) is 0 Å². The maximum Gasteiger partial charge on any atom is 0.323 e. The van der Waals surface area contributed by atoms with Gasteiger partial charge in [-0.15, -0.1) is 0 Å². The summed E-state index contributed by atoms with van der Waals surface area (Å²) in [6, 6.07) is 0.783. The summed E-state index contributed by atoms with van der Waals surface area (Å²) in [4.78, 5) is 12.9. The second-order valence-electron chi connectivity index (χ2n) is 5.14. The Hall–Kier alpha value is -1.59.